The summed E-state index contributed by atoms with van der Waals surface area (Å²) in [5, 5.41) is 45.4. The summed E-state index contributed by atoms with van der Waals surface area (Å²) in [5.74, 6) is 0.601. The highest BCUT2D eigenvalue weighted by molar-refractivity contribution is 6.39. The van der Waals surface area contributed by atoms with Crippen LogP contribution >= 0.6 is 0 Å². The third-order valence-corrected chi connectivity index (χ3v) is 31.6. The molecule has 13 nitrogen and oxygen atoms in total. The summed E-state index contributed by atoms with van der Waals surface area (Å²) < 4.78 is 19.4. The second-order valence-corrected chi connectivity index (χ2v) is 39.0. The molecule has 0 bridgehead atoms. The number of nitrogens with zero attached hydrogens (tertiary/aromatic N) is 13. The molecule has 0 radical (unpaired) electrons. The first kappa shape index (κ1) is 78.8. The Morgan fingerprint density at radius 1 is 0.205 bits per heavy atom. The Hall–Kier alpha value is -20.1. The normalized spacial score (nSPS) is 12.4. The molecule has 13 heteroatoms. The van der Waals surface area contributed by atoms with Crippen LogP contribution in [0, 0.1) is 11.3 Å². The van der Waals surface area contributed by atoms with E-state index in [1.54, 1.807) is 0 Å². The minimum Gasteiger partial charge on any atom is -0.308 e. The summed E-state index contributed by atoms with van der Waals surface area (Å²) >= 11 is 0. The molecule has 0 saturated heterocycles. The second kappa shape index (κ2) is 29.5. The maximum atomic E-state index is 9.74. The van der Waals surface area contributed by atoms with E-state index < -0.39 is 0 Å². The van der Waals surface area contributed by atoms with Gasteiger partial charge in [-0.2, -0.15) is 5.26 Å². The van der Waals surface area contributed by atoms with Gasteiger partial charge in [0, 0.05) is 165 Å². The topological polar surface area (TPSA) is 113 Å². The smallest absolute Gasteiger partial charge is 0.235 e. The van der Waals surface area contributed by atoms with E-state index in [0.717, 1.165) is 88.8 Å². The van der Waals surface area contributed by atoms with Crippen LogP contribution in [0.5, 0.6) is 0 Å². The summed E-state index contributed by atoms with van der Waals surface area (Å²) in [5.41, 5.74) is 30.2. The Morgan fingerprint density at radius 3 is 1.01 bits per heavy atom. The van der Waals surface area contributed by atoms with Crippen molar-refractivity contribution in [1.29, 1.82) is 5.26 Å². The van der Waals surface area contributed by atoms with Crippen molar-refractivity contribution < 1.29 is 0 Å². The number of aromatic nitrogens is 12. The van der Waals surface area contributed by atoms with Crippen LogP contribution in [-0.2, 0) is 0 Å². The van der Waals surface area contributed by atoms with Crippen molar-refractivity contribution in [3.8, 4) is 46.0 Å². The number of fused-ring (bicyclic) bond motifs is 40. The first-order valence-corrected chi connectivity index (χ1v) is 49.7. The number of pyridine rings is 2. The van der Waals surface area contributed by atoms with E-state index >= 15 is 0 Å². The summed E-state index contributed by atoms with van der Waals surface area (Å²) in [6, 6.07) is 160. The molecular formula is C133H75N13. The number of nitriles is 1. The lowest BCUT2D eigenvalue weighted by Gasteiger charge is -2.13. The fraction of sp³-hybridized carbons (Fsp3) is 0. The molecule has 0 fully saturated rings. The van der Waals surface area contributed by atoms with Gasteiger partial charge in [0.15, 0.2) is 0 Å². The third-order valence-electron chi connectivity index (χ3n) is 31.6. The van der Waals surface area contributed by atoms with Gasteiger partial charge in [-0.05, 0) is 208 Å². The van der Waals surface area contributed by atoms with Gasteiger partial charge in [-0.3, -0.25) is 14.1 Å². The lowest BCUT2D eigenvalue weighted by Crippen LogP contribution is -2.04. The highest BCUT2D eigenvalue weighted by Crippen LogP contribution is 2.53. The van der Waals surface area contributed by atoms with Crippen LogP contribution in [0.25, 0.3) is 307 Å². The Balaban J connectivity index is 0.0000000958. The SMILES string of the molecule is N#Cc1cccc(-c2nc(-n3c4cc5ccccc5cc4c4cc5c6ccccc6n6c7ccccc7c(c43)c56)nc3ccccc23)c1.c1cc(-n2c3ccccc3c3cccnc32)cc(-n2c3cc4ccccc4cc3c3cc4c5ccccc5n5c6ccccc6c(c32)c45)c1.c1cc(-n2c3ccccc3c3ccncc32)cc(-n2c3cc4ccccc4cc3c3cc4c5ccccc5n5c6ccccc6c(c32)c45)c1. The zero-order valence-electron chi connectivity index (χ0n) is 78.1. The third kappa shape index (κ3) is 10.7. The Labute approximate surface area is 829 Å². The van der Waals surface area contributed by atoms with Crippen molar-refractivity contribution >= 4 is 267 Å². The molecule has 0 unspecified atom stereocenters. The van der Waals surface area contributed by atoms with E-state index in [9.17, 15) is 5.26 Å². The monoisotopic (exact) mass is 1850 g/mol. The Bertz CT molecular complexity index is 11400. The lowest BCUT2D eigenvalue weighted by atomic mass is 10.0. The van der Waals surface area contributed by atoms with E-state index in [1.807, 2.05) is 67.1 Å². The molecule has 0 aliphatic rings. The van der Waals surface area contributed by atoms with Gasteiger partial charge in [-0.25, -0.2) is 15.0 Å². The number of hydrogen-bond acceptors (Lipinski definition) is 5. The van der Waals surface area contributed by atoms with Gasteiger partial charge in [0.25, 0.3) is 0 Å². The first-order valence-electron chi connectivity index (χ1n) is 49.7. The highest BCUT2D eigenvalue weighted by atomic mass is 15.2. The molecule has 0 saturated carbocycles. The minimum atomic E-state index is 0.597. The van der Waals surface area contributed by atoms with Gasteiger partial charge < -0.3 is 26.9 Å². The van der Waals surface area contributed by atoms with E-state index in [2.05, 4.69) is 435 Å². The van der Waals surface area contributed by atoms with Crippen LogP contribution in [0.2, 0.25) is 0 Å². The van der Waals surface area contributed by atoms with Gasteiger partial charge in [-0.1, -0.05) is 261 Å². The molecule has 35 rings (SSSR count). The molecular weight excluding hydrogens is 1780 g/mol. The molecule has 0 atom stereocenters. The summed E-state index contributed by atoms with van der Waals surface area (Å²) in [7, 11) is 0. The maximum Gasteiger partial charge on any atom is 0.235 e. The standard InChI is InChI=1S/2C45H26N4.C43H23N5/c1-2-12-28-24-41-35(23-27(28)11-1)37-26-36-32-16-4-7-20-39(32)49-40-21-8-5-17-34(40)42(44(36)49)43(37)47(41)29-13-9-14-30(25-29)48-38-19-6-3-15-31(38)33-18-10-22-46-45(33)48;1-2-11-28-23-41-35(22-27(28)10-1)37-25-36-32-15-4-7-18-39(32)49-40-19-8-5-16-34(40)43(45(36)49)44(37)48(41)30-13-9-12-29(24-30)47-38-17-6-3-14-31(38)33-20-21-46-26-42(33)47;44-24-25-10-9-13-28(20-25)40-30-15-3-6-17-35(30)45-43(46-40)48-38-22-27-12-2-1-11-26(27)21-32(38)34-23-33-29-14-4-7-18-36(29)47-37-19-8-5-16-31(37)39(41(33)47)42(34)48/h2*1-26H;1-23H. The quantitative estimate of drug-likeness (QED) is 0.165. The molecule has 0 aliphatic carbocycles. The second-order valence-electron chi connectivity index (χ2n) is 39.0. The molecule has 14 heterocycles. The Kier molecular flexibility index (Phi) is 15.9. The number of benzene rings is 21. The number of rotatable bonds is 6. The van der Waals surface area contributed by atoms with Crippen LogP contribution in [-0.4, -0.2) is 56.0 Å². The van der Waals surface area contributed by atoms with Crippen molar-refractivity contribution in [3.63, 3.8) is 0 Å². The fourth-order valence-electron chi connectivity index (χ4n) is 25.6. The lowest BCUT2D eigenvalue weighted by molar-refractivity contribution is 1.02. The van der Waals surface area contributed by atoms with Gasteiger partial charge in [0.05, 0.1) is 128 Å². The molecule has 0 amide bonds. The number of hydrogen-bond donors (Lipinski definition) is 0. The minimum absolute atomic E-state index is 0.597. The number of para-hydroxylation sites is 9. The molecule has 14 aromatic heterocycles. The molecule has 0 N–H and O–H groups in total. The van der Waals surface area contributed by atoms with Gasteiger partial charge in [0.2, 0.25) is 5.95 Å². The first-order chi connectivity index (χ1) is 72.4. The largest absolute Gasteiger partial charge is 0.308 e. The highest BCUT2D eigenvalue weighted by Gasteiger charge is 2.32. The van der Waals surface area contributed by atoms with Crippen LogP contribution in [0.1, 0.15) is 5.56 Å². The van der Waals surface area contributed by atoms with Gasteiger partial charge >= 0.3 is 0 Å². The van der Waals surface area contributed by atoms with Crippen LogP contribution in [0.4, 0.5) is 0 Å². The van der Waals surface area contributed by atoms with E-state index in [4.69, 9.17) is 15.0 Å². The Morgan fingerprint density at radius 2 is 0.548 bits per heavy atom. The molecule has 0 spiro atoms. The maximum absolute atomic E-state index is 9.74. The van der Waals surface area contributed by atoms with Crippen molar-refractivity contribution in [2.45, 2.75) is 0 Å². The van der Waals surface area contributed by atoms with Crippen molar-refractivity contribution in [3.05, 3.63) is 461 Å². The zero-order chi connectivity index (χ0) is 95.1. The summed E-state index contributed by atoms with van der Waals surface area (Å²) in [6.07, 6.45) is 5.77. The van der Waals surface area contributed by atoms with Crippen LogP contribution < -0.4 is 0 Å². The summed E-state index contributed by atoms with van der Waals surface area (Å²) in [6.45, 7) is 0. The summed E-state index contributed by atoms with van der Waals surface area (Å²) in [4.78, 5) is 20.1. The van der Waals surface area contributed by atoms with E-state index in [-0.39, 0.29) is 0 Å². The van der Waals surface area contributed by atoms with Crippen LogP contribution in [0.3, 0.4) is 0 Å². The van der Waals surface area contributed by atoms with Crippen LogP contribution in [0.15, 0.2) is 455 Å². The van der Waals surface area contributed by atoms with Gasteiger partial charge in [0.1, 0.15) is 5.65 Å². The van der Waals surface area contributed by atoms with E-state index in [1.165, 1.54) is 212 Å². The van der Waals surface area contributed by atoms with Gasteiger partial charge in [-0.15, -0.1) is 0 Å². The molecule has 672 valence electrons. The predicted octanol–water partition coefficient (Wildman–Crippen LogP) is 33.7. The van der Waals surface area contributed by atoms with Crippen molar-refractivity contribution in [2.75, 3.05) is 0 Å². The predicted molar refractivity (Wildman–Crippen MR) is 606 cm³/mol. The molecule has 21 aromatic carbocycles. The van der Waals surface area contributed by atoms with Crippen molar-refractivity contribution in [1.82, 2.24) is 56.0 Å². The zero-order valence-corrected chi connectivity index (χ0v) is 78.1. The fourth-order valence-corrected chi connectivity index (χ4v) is 25.6. The molecule has 35 aromatic rings. The molecule has 146 heavy (non-hydrogen) atoms. The van der Waals surface area contributed by atoms with E-state index in [0.29, 0.717) is 11.5 Å². The average Bonchev–Trinajstić information content (AvgIpc) is 1.52. The van der Waals surface area contributed by atoms with Crippen molar-refractivity contribution in [2.24, 2.45) is 0 Å². The molecule has 0 aliphatic heterocycles. The average molecular weight is 1860 g/mol.